The molecule has 2 unspecified atom stereocenters. The molecule has 1 saturated heterocycles. The molecule has 32 heavy (non-hydrogen) atoms. The number of likely N-dealkylation sites (N-methyl/N-ethyl adjacent to an activating group) is 1. The number of para-hydroxylation sites is 1. The summed E-state index contributed by atoms with van der Waals surface area (Å²) in [6.07, 6.45) is 0. The molecule has 0 saturated carbocycles. The van der Waals surface area contributed by atoms with E-state index < -0.39 is 23.7 Å². The van der Waals surface area contributed by atoms with Crippen LogP contribution in [0.15, 0.2) is 42.5 Å². The van der Waals surface area contributed by atoms with E-state index in [4.69, 9.17) is 9.47 Å². The summed E-state index contributed by atoms with van der Waals surface area (Å²) in [5.41, 5.74) is 1.82. The summed E-state index contributed by atoms with van der Waals surface area (Å²) in [5.74, 6) is -1.61. The quantitative estimate of drug-likeness (QED) is 0.340. The highest BCUT2D eigenvalue weighted by molar-refractivity contribution is 6.44. The molecule has 1 amide bonds. The summed E-state index contributed by atoms with van der Waals surface area (Å²) in [6.45, 7) is 5.03. The van der Waals surface area contributed by atoms with Gasteiger partial charge in [-0.3, -0.25) is 14.4 Å². The molecule has 0 aliphatic carbocycles. The van der Waals surface area contributed by atoms with Crippen molar-refractivity contribution in [3.8, 4) is 11.5 Å². The first-order valence-electron chi connectivity index (χ1n) is 10.7. The summed E-state index contributed by atoms with van der Waals surface area (Å²) in [7, 11) is 5.36. The smallest absolute Gasteiger partial charge is 0.291 e. The number of likely N-dealkylation sites (tertiary alicyclic amines) is 1. The fraction of sp³-hybridized carbons (Fsp3) is 0.400. The first kappa shape index (κ1) is 23.5. The number of ether oxygens (including phenoxy) is 2. The van der Waals surface area contributed by atoms with E-state index in [1.54, 1.807) is 31.4 Å². The van der Waals surface area contributed by atoms with Crippen LogP contribution in [0.4, 0.5) is 0 Å². The monoisotopic (exact) mass is 438 g/mol. The standard InChI is InChI=1S/C25H30N2O5/c1-6-32-20-10-8-7-9-18(20)22-21(24(29)25(30)27(22)14-13-26(3)4)23(28)17-11-12-19(31-5)16(2)15-17/h7-12,15,21-22H,6,13-14H2,1-5H3. The van der Waals surface area contributed by atoms with Crippen molar-refractivity contribution in [1.82, 2.24) is 9.80 Å². The first-order valence-corrected chi connectivity index (χ1v) is 10.7. The molecule has 2 atom stereocenters. The Labute approximate surface area is 188 Å². The maximum absolute atomic E-state index is 13.6. The third-order valence-electron chi connectivity index (χ3n) is 5.69. The van der Waals surface area contributed by atoms with E-state index in [1.165, 1.54) is 4.90 Å². The van der Waals surface area contributed by atoms with Crippen molar-refractivity contribution < 1.29 is 23.9 Å². The van der Waals surface area contributed by atoms with Crippen LogP contribution in [0.25, 0.3) is 0 Å². The van der Waals surface area contributed by atoms with Gasteiger partial charge in [-0.1, -0.05) is 18.2 Å². The summed E-state index contributed by atoms with van der Waals surface area (Å²) in [5, 5.41) is 0. The average Bonchev–Trinajstić information content (AvgIpc) is 3.02. The maximum Gasteiger partial charge on any atom is 0.291 e. The van der Waals surface area contributed by atoms with Gasteiger partial charge in [-0.15, -0.1) is 0 Å². The van der Waals surface area contributed by atoms with E-state index in [0.717, 1.165) is 5.56 Å². The molecule has 0 N–H and O–H groups in total. The molecule has 0 spiro atoms. The number of carbonyl (C=O) groups is 3. The molecule has 0 bridgehead atoms. The Morgan fingerprint density at radius 3 is 2.44 bits per heavy atom. The van der Waals surface area contributed by atoms with Crippen molar-refractivity contribution in [2.45, 2.75) is 19.9 Å². The Bertz CT molecular complexity index is 1020. The Hall–Kier alpha value is -3.19. The van der Waals surface area contributed by atoms with Crippen molar-refractivity contribution in [2.75, 3.05) is 40.9 Å². The van der Waals surface area contributed by atoms with Gasteiger partial charge in [-0.2, -0.15) is 0 Å². The predicted molar refractivity (Wildman–Crippen MR) is 121 cm³/mol. The Morgan fingerprint density at radius 1 is 1.09 bits per heavy atom. The lowest BCUT2D eigenvalue weighted by atomic mass is 9.85. The number of rotatable bonds is 9. The molecule has 0 radical (unpaired) electrons. The number of carbonyl (C=O) groups excluding carboxylic acids is 3. The number of nitrogens with zero attached hydrogens (tertiary/aromatic N) is 2. The highest BCUT2D eigenvalue weighted by Crippen LogP contribution is 2.42. The van der Waals surface area contributed by atoms with Crippen molar-refractivity contribution in [3.05, 3.63) is 59.2 Å². The van der Waals surface area contributed by atoms with Crippen molar-refractivity contribution >= 4 is 17.5 Å². The normalized spacial score (nSPS) is 18.4. The lowest BCUT2D eigenvalue weighted by molar-refractivity contribution is -0.140. The van der Waals surface area contributed by atoms with E-state index in [0.29, 0.717) is 42.3 Å². The Balaban J connectivity index is 2.09. The van der Waals surface area contributed by atoms with Gasteiger partial charge in [0.05, 0.1) is 19.8 Å². The van der Waals surface area contributed by atoms with Crippen LogP contribution in [0.1, 0.15) is 34.5 Å². The zero-order valence-electron chi connectivity index (χ0n) is 19.3. The lowest BCUT2D eigenvalue weighted by Crippen LogP contribution is -2.36. The van der Waals surface area contributed by atoms with Gasteiger partial charge < -0.3 is 19.3 Å². The molecule has 1 fully saturated rings. The fourth-order valence-corrected chi connectivity index (χ4v) is 4.11. The van der Waals surface area contributed by atoms with E-state index in [-0.39, 0.29) is 5.78 Å². The van der Waals surface area contributed by atoms with Gasteiger partial charge in [0.1, 0.15) is 17.4 Å². The highest BCUT2D eigenvalue weighted by Gasteiger charge is 2.52. The molecular formula is C25H30N2O5. The molecule has 1 aliphatic rings. The third kappa shape index (κ3) is 4.53. The molecule has 7 heteroatoms. The van der Waals surface area contributed by atoms with Crippen molar-refractivity contribution in [3.63, 3.8) is 0 Å². The average molecular weight is 439 g/mol. The summed E-state index contributed by atoms with van der Waals surface area (Å²) in [6, 6.07) is 11.6. The third-order valence-corrected chi connectivity index (χ3v) is 5.69. The van der Waals surface area contributed by atoms with Crippen LogP contribution in [-0.2, 0) is 9.59 Å². The molecule has 2 aromatic carbocycles. The van der Waals surface area contributed by atoms with Gasteiger partial charge >= 0.3 is 0 Å². The molecule has 0 aromatic heterocycles. The second kappa shape index (κ2) is 9.96. The zero-order valence-corrected chi connectivity index (χ0v) is 19.3. The number of benzene rings is 2. The number of hydrogen-bond acceptors (Lipinski definition) is 6. The number of aryl methyl sites for hydroxylation is 1. The predicted octanol–water partition coefficient (Wildman–Crippen LogP) is 2.92. The largest absolute Gasteiger partial charge is 0.496 e. The molecule has 170 valence electrons. The van der Waals surface area contributed by atoms with Crippen LogP contribution in [0.3, 0.4) is 0 Å². The van der Waals surface area contributed by atoms with Gasteiger partial charge in [0, 0.05) is 24.2 Å². The highest BCUT2D eigenvalue weighted by atomic mass is 16.5. The van der Waals surface area contributed by atoms with Crippen molar-refractivity contribution in [1.29, 1.82) is 0 Å². The van der Waals surface area contributed by atoms with Gasteiger partial charge in [-0.25, -0.2) is 0 Å². The molecule has 7 nitrogen and oxygen atoms in total. The first-order chi connectivity index (χ1) is 15.3. The number of methoxy groups -OCH3 is 1. The molecule has 3 rings (SSSR count). The molecule has 2 aromatic rings. The number of ketones is 2. The number of Topliss-reactive ketones (excluding diaryl/α,β-unsaturated/α-hetero) is 2. The topological polar surface area (TPSA) is 76.1 Å². The Morgan fingerprint density at radius 2 is 1.81 bits per heavy atom. The van der Waals surface area contributed by atoms with Crippen LogP contribution in [0.2, 0.25) is 0 Å². The Kier molecular flexibility index (Phi) is 7.30. The maximum atomic E-state index is 13.6. The van der Waals surface area contributed by atoms with Gasteiger partial charge in [0.25, 0.3) is 5.91 Å². The molecular weight excluding hydrogens is 408 g/mol. The number of amides is 1. The van der Waals surface area contributed by atoms with Crippen molar-refractivity contribution in [2.24, 2.45) is 5.92 Å². The van der Waals surface area contributed by atoms with Crippen LogP contribution >= 0.6 is 0 Å². The number of hydrogen-bond donors (Lipinski definition) is 0. The summed E-state index contributed by atoms with van der Waals surface area (Å²) in [4.78, 5) is 43.2. The van der Waals surface area contributed by atoms with Crippen LogP contribution < -0.4 is 9.47 Å². The summed E-state index contributed by atoms with van der Waals surface area (Å²) >= 11 is 0. The fourth-order valence-electron chi connectivity index (χ4n) is 4.11. The second-order valence-corrected chi connectivity index (χ2v) is 8.11. The summed E-state index contributed by atoms with van der Waals surface area (Å²) < 4.78 is 11.1. The molecule has 1 heterocycles. The van der Waals surface area contributed by atoms with E-state index in [2.05, 4.69) is 0 Å². The van der Waals surface area contributed by atoms with E-state index >= 15 is 0 Å². The van der Waals surface area contributed by atoms with E-state index in [1.807, 2.05) is 51.0 Å². The minimum absolute atomic E-state index is 0.327. The van der Waals surface area contributed by atoms with Gasteiger partial charge in [0.2, 0.25) is 5.78 Å². The lowest BCUT2D eigenvalue weighted by Gasteiger charge is -2.29. The van der Waals surface area contributed by atoms with Crippen LogP contribution in [-0.4, -0.2) is 68.2 Å². The van der Waals surface area contributed by atoms with Gasteiger partial charge in [-0.05, 0) is 57.8 Å². The minimum atomic E-state index is -1.14. The van der Waals surface area contributed by atoms with Crippen LogP contribution in [0.5, 0.6) is 11.5 Å². The SMILES string of the molecule is CCOc1ccccc1C1C(C(=O)c2ccc(OC)c(C)c2)C(=O)C(=O)N1CCN(C)C. The van der Waals surface area contributed by atoms with E-state index in [9.17, 15) is 14.4 Å². The second-order valence-electron chi connectivity index (χ2n) is 8.11. The molecule has 1 aliphatic heterocycles. The zero-order chi connectivity index (χ0) is 23.4. The van der Waals surface area contributed by atoms with Gasteiger partial charge in [0.15, 0.2) is 5.78 Å². The van der Waals surface area contributed by atoms with Crippen LogP contribution in [0, 0.1) is 12.8 Å². The minimum Gasteiger partial charge on any atom is -0.496 e.